The van der Waals surface area contributed by atoms with E-state index in [1.807, 2.05) is 0 Å². The average Bonchev–Trinajstić information content (AvgIpc) is 2.32. The molecule has 0 amide bonds. The first-order valence-corrected chi connectivity index (χ1v) is 9.10. The molecule has 1 rings (SSSR count). The maximum atomic E-state index is 6.00. The van der Waals surface area contributed by atoms with Crippen molar-refractivity contribution in [1.82, 2.24) is 0 Å². The summed E-state index contributed by atoms with van der Waals surface area (Å²) in [7, 11) is 0. The maximum absolute atomic E-state index is 6.00. The van der Waals surface area contributed by atoms with Gasteiger partial charge < -0.3 is 0 Å². The molecule has 0 atom stereocenters. The zero-order valence-electron chi connectivity index (χ0n) is 8.42. The van der Waals surface area contributed by atoms with Gasteiger partial charge in [-0.1, -0.05) is 0 Å². The Balaban J connectivity index is 2.59. The van der Waals surface area contributed by atoms with Crippen LogP contribution in [0.15, 0.2) is 22.1 Å². The summed E-state index contributed by atoms with van der Waals surface area (Å²) in [6, 6.07) is 0. The zero-order chi connectivity index (χ0) is 9.19. The Kier molecular flexibility index (Phi) is 3.33. The third-order valence-electron chi connectivity index (χ3n) is 2.07. The summed E-state index contributed by atoms with van der Waals surface area (Å²) < 4.78 is 7.56. The Hall–Kier alpha value is 0.154. The molecule has 0 unspecified atom stereocenters. The summed E-state index contributed by atoms with van der Waals surface area (Å²) in [6.45, 7) is 4.24. The Bertz CT molecular complexity index is 214. The van der Waals surface area contributed by atoms with Crippen LogP contribution in [-0.2, 0) is 20.3 Å². The van der Waals surface area contributed by atoms with Crippen molar-refractivity contribution in [2.75, 3.05) is 0 Å². The molecule has 0 saturated carbocycles. The van der Waals surface area contributed by atoms with E-state index in [0.717, 1.165) is 6.42 Å². The van der Waals surface area contributed by atoms with Gasteiger partial charge in [0.1, 0.15) is 0 Å². The van der Waals surface area contributed by atoms with E-state index < -0.39 is 17.0 Å². The summed E-state index contributed by atoms with van der Waals surface area (Å²) >= 11 is -2.04. The van der Waals surface area contributed by atoms with Crippen molar-refractivity contribution >= 4 is 0 Å². The fourth-order valence-corrected chi connectivity index (χ4v) is 5.36. The first-order valence-electron chi connectivity index (χ1n) is 4.56. The van der Waals surface area contributed by atoms with E-state index in [9.17, 15) is 0 Å². The summed E-state index contributed by atoms with van der Waals surface area (Å²) in [6.07, 6.45) is 8.10. The van der Waals surface area contributed by atoms with Gasteiger partial charge in [-0.3, -0.25) is 0 Å². The van der Waals surface area contributed by atoms with Crippen molar-refractivity contribution in [1.29, 1.82) is 0 Å². The second-order valence-electron chi connectivity index (χ2n) is 4.00. The van der Waals surface area contributed by atoms with Crippen molar-refractivity contribution in [3.05, 3.63) is 22.1 Å². The Morgan fingerprint density at radius 1 is 1.42 bits per heavy atom. The van der Waals surface area contributed by atoms with Crippen LogP contribution in [0.1, 0.15) is 20.3 Å². The molecule has 0 aliphatic heterocycles. The van der Waals surface area contributed by atoms with Crippen LogP contribution in [0.2, 0.25) is 10.5 Å². The van der Waals surface area contributed by atoms with Crippen molar-refractivity contribution in [3.63, 3.8) is 0 Å². The molecular weight excluding hydrogens is 184 g/mol. The molecule has 2 heteroatoms. The molecule has 0 fully saturated rings. The topological polar surface area (TPSA) is 9.23 Å². The molecular formula is C10H18OTi. The van der Waals surface area contributed by atoms with Gasteiger partial charge in [0, 0.05) is 0 Å². The SMILES string of the molecule is CC(C)[O][Ti]([CH3])([CH3])[C]1=CC=CC1. The summed E-state index contributed by atoms with van der Waals surface area (Å²) in [4.78, 5) is 0. The molecule has 1 nitrogen and oxygen atoms in total. The number of hydrogen-bond donors (Lipinski definition) is 0. The van der Waals surface area contributed by atoms with E-state index in [1.165, 1.54) is 0 Å². The van der Waals surface area contributed by atoms with Crippen molar-refractivity contribution in [2.45, 2.75) is 36.8 Å². The van der Waals surface area contributed by atoms with Crippen LogP contribution in [-0.4, -0.2) is 6.10 Å². The van der Waals surface area contributed by atoms with Gasteiger partial charge in [0.2, 0.25) is 0 Å². The van der Waals surface area contributed by atoms with Gasteiger partial charge >= 0.3 is 79.2 Å². The van der Waals surface area contributed by atoms with Crippen LogP contribution in [0.5, 0.6) is 0 Å². The molecule has 1 aliphatic rings. The minimum absolute atomic E-state index is 0.376. The third kappa shape index (κ3) is 2.58. The zero-order valence-corrected chi connectivity index (χ0v) is 9.99. The van der Waals surface area contributed by atoms with Gasteiger partial charge in [-0.05, 0) is 0 Å². The Morgan fingerprint density at radius 3 is 2.50 bits per heavy atom. The van der Waals surface area contributed by atoms with E-state index in [-0.39, 0.29) is 0 Å². The van der Waals surface area contributed by atoms with Crippen LogP contribution in [0, 0.1) is 0 Å². The molecule has 0 bridgehead atoms. The van der Waals surface area contributed by atoms with E-state index >= 15 is 0 Å². The van der Waals surface area contributed by atoms with Gasteiger partial charge in [0.15, 0.2) is 0 Å². The molecule has 0 saturated heterocycles. The number of allylic oxidation sites excluding steroid dienone is 4. The minimum atomic E-state index is -2.04. The Morgan fingerprint density at radius 2 is 2.08 bits per heavy atom. The quantitative estimate of drug-likeness (QED) is 0.637. The van der Waals surface area contributed by atoms with Crippen LogP contribution in [0.25, 0.3) is 0 Å². The van der Waals surface area contributed by atoms with E-state index in [2.05, 4.69) is 42.5 Å². The third-order valence-corrected chi connectivity index (χ3v) is 6.73. The average molecular weight is 202 g/mol. The molecule has 1 aliphatic carbocycles. The predicted octanol–water partition coefficient (Wildman–Crippen LogP) is 3.42. The van der Waals surface area contributed by atoms with Gasteiger partial charge in [0.25, 0.3) is 0 Å². The van der Waals surface area contributed by atoms with Crippen LogP contribution >= 0.6 is 0 Å². The van der Waals surface area contributed by atoms with Crippen molar-refractivity contribution < 1.29 is 20.3 Å². The number of rotatable bonds is 3. The van der Waals surface area contributed by atoms with Crippen LogP contribution in [0.4, 0.5) is 0 Å². The summed E-state index contributed by atoms with van der Waals surface area (Å²) in [5.41, 5.74) is 0. The molecule has 0 spiro atoms. The summed E-state index contributed by atoms with van der Waals surface area (Å²) in [5.74, 6) is 0. The molecule has 68 valence electrons. The van der Waals surface area contributed by atoms with Crippen LogP contribution < -0.4 is 0 Å². The second-order valence-corrected chi connectivity index (χ2v) is 10.1. The normalized spacial score (nSPS) is 17.2. The van der Waals surface area contributed by atoms with Gasteiger partial charge in [-0.2, -0.15) is 0 Å². The first-order chi connectivity index (χ1) is 5.52. The fourth-order valence-electron chi connectivity index (χ4n) is 1.56. The molecule has 0 aromatic carbocycles. The monoisotopic (exact) mass is 202 g/mol. The van der Waals surface area contributed by atoms with Crippen LogP contribution in [0.3, 0.4) is 0 Å². The summed E-state index contributed by atoms with van der Waals surface area (Å²) in [5, 5.41) is 4.64. The standard InChI is InChI=1S/C5H5.C3H7O.2CH3.Ti/c1-2-4-5-3-1;1-3(2)4;;;/h1-3H,4H2;3H,1-2H3;2*1H3;/q;-1;;;+1. The molecule has 0 aromatic heterocycles. The van der Waals surface area contributed by atoms with E-state index in [1.54, 1.807) is 3.88 Å². The fraction of sp³-hybridized carbons (Fsp3) is 0.600. The Labute approximate surface area is 79.3 Å². The predicted molar refractivity (Wildman–Crippen MR) is 49.8 cm³/mol. The molecule has 0 radical (unpaired) electrons. The van der Waals surface area contributed by atoms with Gasteiger partial charge in [-0.15, -0.1) is 0 Å². The van der Waals surface area contributed by atoms with E-state index in [0.29, 0.717) is 6.10 Å². The van der Waals surface area contributed by atoms with Crippen molar-refractivity contribution in [3.8, 4) is 0 Å². The van der Waals surface area contributed by atoms with Gasteiger partial charge in [0.05, 0.1) is 0 Å². The molecule has 0 N–H and O–H groups in total. The molecule has 0 heterocycles. The second kappa shape index (κ2) is 3.91. The molecule has 0 aromatic rings. The van der Waals surface area contributed by atoms with Crippen molar-refractivity contribution in [2.24, 2.45) is 0 Å². The van der Waals surface area contributed by atoms with E-state index in [4.69, 9.17) is 3.32 Å². The first kappa shape index (κ1) is 10.2. The van der Waals surface area contributed by atoms with Gasteiger partial charge in [-0.25, -0.2) is 0 Å². The molecule has 12 heavy (non-hydrogen) atoms. The number of hydrogen-bond acceptors (Lipinski definition) is 1.